The van der Waals surface area contributed by atoms with Gasteiger partial charge < -0.3 is 23.9 Å². The number of methoxy groups -OCH3 is 3. The second kappa shape index (κ2) is 12.8. The minimum Gasteiger partial charge on any atom is -0.503 e. The van der Waals surface area contributed by atoms with Gasteiger partial charge in [0, 0.05) is 44.5 Å². The number of aromatic nitrogens is 5. The molecule has 4 aromatic rings. The van der Waals surface area contributed by atoms with Crippen molar-refractivity contribution in [1.29, 1.82) is 0 Å². The van der Waals surface area contributed by atoms with Gasteiger partial charge in [-0.3, -0.25) is 19.3 Å². The van der Waals surface area contributed by atoms with Gasteiger partial charge in [0.15, 0.2) is 32.7 Å². The summed E-state index contributed by atoms with van der Waals surface area (Å²) in [5.74, 6) is -1.94. The molecular formula is C33H30Br2Cl2N6O9. The summed E-state index contributed by atoms with van der Waals surface area (Å²) in [5, 5.41) is 10.6. The van der Waals surface area contributed by atoms with E-state index in [4.69, 9.17) is 37.4 Å². The number of aromatic hydroxyl groups is 1. The van der Waals surface area contributed by atoms with Crippen LogP contribution >= 0.6 is 55.1 Å². The van der Waals surface area contributed by atoms with Crippen molar-refractivity contribution in [2.24, 2.45) is 7.05 Å². The molecule has 2 amide bonds. The first kappa shape index (κ1) is 36.3. The highest BCUT2D eigenvalue weighted by Crippen LogP contribution is 2.64. The number of carbonyl (C=O) groups is 2. The van der Waals surface area contributed by atoms with Crippen molar-refractivity contribution >= 4 is 77.9 Å². The maximum absolute atomic E-state index is 14.3. The van der Waals surface area contributed by atoms with Crippen LogP contribution in [0.15, 0.2) is 54.8 Å². The van der Waals surface area contributed by atoms with Gasteiger partial charge in [0.25, 0.3) is 17.4 Å². The average Bonchev–Trinajstić information content (AvgIpc) is 3.46. The van der Waals surface area contributed by atoms with E-state index in [-0.39, 0.29) is 53.1 Å². The predicted molar refractivity (Wildman–Crippen MR) is 196 cm³/mol. The van der Waals surface area contributed by atoms with Crippen LogP contribution in [0, 0.1) is 0 Å². The molecule has 19 heteroatoms. The molecule has 0 radical (unpaired) electrons. The zero-order valence-corrected chi connectivity index (χ0v) is 32.7. The minimum atomic E-state index is -2.06. The van der Waals surface area contributed by atoms with Crippen molar-refractivity contribution in [2.45, 2.75) is 47.6 Å². The number of imide groups is 1. The number of hydrogen-bond donors (Lipinski definition) is 1. The van der Waals surface area contributed by atoms with Gasteiger partial charge in [-0.1, -0.05) is 22.0 Å². The number of benzene rings is 2. The highest BCUT2D eigenvalue weighted by molar-refractivity contribution is 9.10. The Bertz CT molecular complexity index is 2440. The number of carbonyl (C=O) groups excluding carboxylic acids is 2. The molecule has 0 spiro atoms. The quantitative estimate of drug-likeness (QED) is 0.120. The van der Waals surface area contributed by atoms with Crippen molar-refractivity contribution in [3.05, 3.63) is 83.0 Å². The predicted octanol–water partition coefficient (Wildman–Crippen LogP) is 3.14. The van der Waals surface area contributed by atoms with Gasteiger partial charge in [-0.05, 0) is 39.2 Å². The van der Waals surface area contributed by atoms with E-state index in [2.05, 4.69) is 36.8 Å². The fourth-order valence-corrected chi connectivity index (χ4v) is 9.50. The molecule has 15 nitrogen and oxygen atoms in total. The Morgan fingerprint density at radius 2 is 1.63 bits per heavy atom. The van der Waals surface area contributed by atoms with Crippen LogP contribution in [0.2, 0.25) is 0 Å². The Hall–Kier alpha value is -4.06. The van der Waals surface area contributed by atoms with Gasteiger partial charge in [0.05, 0.1) is 54.9 Å². The zero-order valence-electron chi connectivity index (χ0n) is 28.0. The Morgan fingerprint density at radius 3 is 2.29 bits per heavy atom. The topological polar surface area (TPSA) is 169 Å². The van der Waals surface area contributed by atoms with E-state index < -0.39 is 50.5 Å². The minimum absolute atomic E-state index is 0.0590. The number of allylic oxidation sites excluding steroid dienone is 2. The normalized spacial score (nSPS) is 23.7. The molecule has 52 heavy (non-hydrogen) atoms. The molecule has 0 bridgehead atoms. The van der Waals surface area contributed by atoms with Crippen LogP contribution < -0.4 is 31.1 Å². The summed E-state index contributed by atoms with van der Waals surface area (Å²) in [5.41, 5.74) is -0.0897. The van der Waals surface area contributed by atoms with E-state index >= 15 is 0 Å². The summed E-state index contributed by atoms with van der Waals surface area (Å²) in [7, 11) is 5.90. The van der Waals surface area contributed by atoms with Crippen LogP contribution in [0.25, 0.3) is 11.0 Å². The van der Waals surface area contributed by atoms with E-state index in [1.807, 2.05) is 0 Å². The Kier molecular flexibility index (Phi) is 8.94. The van der Waals surface area contributed by atoms with Gasteiger partial charge in [0.2, 0.25) is 0 Å². The molecule has 1 N–H and O–H groups in total. The molecule has 1 aliphatic carbocycles. The molecule has 4 heterocycles. The second-order valence-electron chi connectivity index (χ2n) is 12.6. The molecule has 2 aliphatic heterocycles. The number of hydrogen-bond acceptors (Lipinski definition) is 10. The van der Waals surface area contributed by atoms with Crippen LogP contribution in [0.4, 0.5) is 0 Å². The number of aryl methyl sites for hydroxylation is 2. The van der Waals surface area contributed by atoms with E-state index in [0.29, 0.717) is 33.7 Å². The fourth-order valence-electron chi connectivity index (χ4n) is 7.63. The van der Waals surface area contributed by atoms with Crippen LogP contribution in [0.3, 0.4) is 0 Å². The second-order valence-corrected chi connectivity index (χ2v) is 15.2. The van der Waals surface area contributed by atoms with Crippen molar-refractivity contribution < 1.29 is 28.9 Å². The van der Waals surface area contributed by atoms with Gasteiger partial charge in [-0.15, -0.1) is 23.2 Å². The highest BCUT2D eigenvalue weighted by atomic mass is 79.9. The maximum Gasteiger partial charge on any atom is 0.347 e. The number of likely N-dealkylation sites (tertiary alicyclic amines) is 1. The summed E-state index contributed by atoms with van der Waals surface area (Å²) in [6, 6.07) is 5.31. The van der Waals surface area contributed by atoms with Gasteiger partial charge in [-0.2, -0.15) is 0 Å². The molecule has 274 valence electrons. The van der Waals surface area contributed by atoms with Crippen molar-refractivity contribution in [1.82, 2.24) is 28.4 Å². The molecule has 1 saturated carbocycles. The maximum atomic E-state index is 14.3. The van der Waals surface area contributed by atoms with E-state index in [9.17, 15) is 29.1 Å². The standard InChI is InChI=1S/C33H30Br2Cl2N6O9/c1-39-20-12-23(51-3)22(50-2)11-19(20)38-18(27(39)45)6-7-40-30(48)42-8-5-16-21(43(42)31(40)49)13-32(36)28(46)41(14-34)29(47)33(32,37)25(16)15-9-17(35)26(44)24(10-15)52-4/h5,9-12,21,25,44H,6-8,13-14H2,1-4H3. The lowest BCUT2D eigenvalue weighted by atomic mass is 9.64. The number of phenols is 1. The van der Waals surface area contributed by atoms with Crippen LogP contribution in [0.5, 0.6) is 23.0 Å². The molecule has 4 atom stereocenters. The smallest absolute Gasteiger partial charge is 0.347 e. The molecule has 2 aromatic carbocycles. The summed E-state index contributed by atoms with van der Waals surface area (Å²) < 4.78 is 21.2. The number of rotatable bonds is 8. The summed E-state index contributed by atoms with van der Waals surface area (Å²) in [6.45, 7) is -0.274. The van der Waals surface area contributed by atoms with Gasteiger partial charge >= 0.3 is 11.4 Å². The zero-order chi connectivity index (χ0) is 37.6. The van der Waals surface area contributed by atoms with Crippen LogP contribution in [-0.4, -0.2) is 81.8 Å². The fraction of sp³-hybridized carbons (Fsp3) is 0.394. The van der Waals surface area contributed by atoms with E-state index in [0.717, 1.165) is 9.47 Å². The third-order valence-electron chi connectivity index (χ3n) is 10.2. The first-order valence-corrected chi connectivity index (χ1v) is 18.5. The Morgan fingerprint density at radius 1 is 0.962 bits per heavy atom. The first-order chi connectivity index (χ1) is 24.7. The molecule has 2 fully saturated rings. The first-order valence-electron chi connectivity index (χ1n) is 15.8. The van der Waals surface area contributed by atoms with E-state index in [1.54, 1.807) is 31.3 Å². The summed E-state index contributed by atoms with van der Waals surface area (Å²) in [6.07, 6.45) is 1.33. The Labute approximate surface area is 321 Å². The van der Waals surface area contributed by atoms with Crippen molar-refractivity contribution in [3.8, 4) is 23.0 Å². The highest BCUT2D eigenvalue weighted by Gasteiger charge is 2.75. The largest absolute Gasteiger partial charge is 0.503 e. The van der Waals surface area contributed by atoms with Crippen LogP contribution in [0.1, 0.15) is 29.6 Å². The lowest BCUT2D eigenvalue weighted by molar-refractivity contribution is -0.138. The molecule has 2 aromatic heterocycles. The summed E-state index contributed by atoms with van der Waals surface area (Å²) in [4.78, 5) is 70.8. The number of amides is 2. The Balaban J connectivity index is 1.33. The van der Waals surface area contributed by atoms with Crippen molar-refractivity contribution in [2.75, 3.05) is 26.8 Å². The number of halogens is 4. The monoisotopic (exact) mass is 882 g/mol. The number of fused-ring (bicyclic) bond motifs is 5. The lowest BCUT2D eigenvalue weighted by Crippen LogP contribution is -2.59. The molecule has 7 rings (SSSR count). The average molecular weight is 885 g/mol. The summed E-state index contributed by atoms with van der Waals surface area (Å²) >= 11 is 21.1. The third kappa shape index (κ3) is 4.88. The number of ether oxygens (including phenoxy) is 3. The lowest BCUT2D eigenvalue weighted by Gasteiger charge is -2.49. The molecule has 1 saturated heterocycles. The van der Waals surface area contributed by atoms with Crippen molar-refractivity contribution in [3.63, 3.8) is 0 Å². The number of phenolic OH excluding ortho intramolecular Hbond substituents is 1. The number of nitrogens with zero attached hydrogens (tertiary/aromatic N) is 6. The van der Waals surface area contributed by atoms with Gasteiger partial charge in [-0.25, -0.2) is 28.5 Å². The SMILES string of the molecule is COc1cc2nc(CCn3c(=O)n4n(c3=O)C3CC5(Cl)C(=O)N(CBr)C(=O)C5(Cl)C(c5cc(Br)c(O)c(OC)c5)C3=CC4)c(=O)n(C)c2cc1OC. The van der Waals surface area contributed by atoms with E-state index in [1.165, 1.54) is 41.3 Å². The molecule has 4 unspecified atom stereocenters. The van der Waals surface area contributed by atoms with Crippen LogP contribution in [-0.2, 0) is 36.1 Å². The molecular weight excluding hydrogens is 855 g/mol. The third-order valence-corrected chi connectivity index (χ3v) is 12.7. The molecule has 3 aliphatic rings. The number of alkyl halides is 3. The van der Waals surface area contributed by atoms with Gasteiger partial charge in [0.1, 0.15) is 5.69 Å².